The number of pyridine rings is 2. The third-order valence-electron chi connectivity index (χ3n) is 10.3. The van der Waals surface area contributed by atoms with Gasteiger partial charge in [-0.1, -0.05) is 13.3 Å². The molecule has 7 heterocycles. The molecule has 1 amide bonds. The third-order valence-corrected chi connectivity index (χ3v) is 10.3. The van der Waals surface area contributed by atoms with E-state index < -0.39 is 11.6 Å². The Morgan fingerprint density at radius 1 is 1.07 bits per heavy atom. The summed E-state index contributed by atoms with van der Waals surface area (Å²) >= 11 is 0. The molecule has 3 aromatic rings. The molecule has 2 aromatic heterocycles. The number of aryl methyl sites for hydroxylation is 1. The molecular formula is C33H36N4O6. The van der Waals surface area contributed by atoms with Gasteiger partial charge in [-0.2, -0.15) is 0 Å². The molecule has 5 aliphatic heterocycles. The Hall–Kier alpha value is -3.76. The summed E-state index contributed by atoms with van der Waals surface area (Å²) in [5, 5.41) is 0.912. The van der Waals surface area contributed by atoms with E-state index in [4.69, 9.17) is 19.2 Å². The van der Waals surface area contributed by atoms with E-state index in [1.165, 1.54) is 32.4 Å². The molecule has 1 spiro atoms. The Morgan fingerprint density at radius 2 is 1.84 bits per heavy atom. The maximum absolute atomic E-state index is 13.7. The molecule has 0 bridgehead atoms. The Morgan fingerprint density at radius 3 is 2.56 bits per heavy atom. The average Bonchev–Trinajstić information content (AvgIpc) is 3.57. The Labute approximate surface area is 249 Å². The number of cyclic esters (lactones) is 1. The molecule has 3 fully saturated rings. The van der Waals surface area contributed by atoms with Crippen LogP contribution in [0.3, 0.4) is 0 Å². The van der Waals surface area contributed by atoms with Gasteiger partial charge in [-0.15, -0.1) is 0 Å². The minimum absolute atomic E-state index is 0.0534. The molecule has 2 atom stereocenters. The van der Waals surface area contributed by atoms with Crippen LogP contribution in [0.4, 0.5) is 4.79 Å². The molecular weight excluding hydrogens is 548 g/mol. The monoisotopic (exact) mass is 584 g/mol. The summed E-state index contributed by atoms with van der Waals surface area (Å²) in [5.74, 6) is 0.0527. The van der Waals surface area contributed by atoms with Gasteiger partial charge >= 0.3 is 12.1 Å². The van der Waals surface area contributed by atoms with Crippen LogP contribution in [0.5, 0.6) is 5.75 Å². The summed E-state index contributed by atoms with van der Waals surface area (Å²) < 4.78 is 18.7. The van der Waals surface area contributed by atoms with Gasteiger partial charge in [-0.25, -0.2) is 14.6 Å². The van der Waals surface area contributed by atoms with Crippen molar-refractivity contribution < 1.29 is 23.8 Å². The van der Waals surface area contributed by atoms with E-state index in [1.54, 1.807) is 10.6 Å². The van der Waals surface area contributed by atoms with Crippen molar-refractivity contribution in [3.05, 3.63) is 56.9 Å². The van der Waals surface area contributed by atoms with Gasteiger partial charge in [-0.3, -0.25) is 4.79 Å². The van der Waals surface area contributed by atoms with Crippen LogP contribution < -0.4 is 10.3 Å². The van der Waals surface area contributed by atoms with Crippen molar-refractivity contribution in [1.82, 2.24) is 19.4 Å². The Bertz CT molecular complexity index is 1740. The second-order valence-electron chi connectivity index (χ2n) is 12.5. The van der Waals surface area contributed by atoms with E-state index in [9.17, 15) is 14.4 Å². The lowest BCUT2D eigenvalue weighted by atomic mass is 9.89. The van der Waals surface area contributed by atoms with E-state index in [0.717, 1.165) is 47.0 Å². The number of aromatic nitrogens is 2. The number of carbonyl (C=O) groups excluding carboxylic acids is 2. The molecule has 5 aliphatic rings. The lowest BCUT2D eigenvalue weighted by Gasteiger charge is -2.39. The van der Waals surface area contributed by atoms with Gasteiger partial charge in [0, 0.05) is 35.6 Å². The Balaban J connectivity index is 1.07. The van der Waals surface area contributed by atoms with Crippen LogP contribution in [-0.2, 0) is 39.4 Å². The Kier molecular flexibility index (Phi) is 6.17. The number of hydrogen-bond acceptors (Lipinski definition) is 8. The molecule has 1 unspecified atom stereocenters. The number of piperidine rings is 2. The number of esters is 1. The normalized spacial score (nSPS) is 24.9. The van der Waals surface area contributed by atoms with Gasteiger partial charge in [0.1, 0.15) is 18.5 Å². The fraction of sp³-hybridized carbons (Fsp3) is 0.515. The zero-order valence-electron chi connectivity index (χ0n) is 24.7. The van der Waals surface area contributed by atoms with Crippen molar-refractivity contribution in [2.24, 2.45) is 0 Å². The first kappa shape index (κ1) is 26.8. The van der Waals surface area contributed by atoms with Crippen molar-refractivity contribution >= 4 is 23.0 Å². The first-order valence-corrected chi connectivity index (χ1v) is 15.7. The highest BCUT2D eigenvalue weighted by Gasteiger charge is 2.65. The number of benzene rings is 1. The minimum atomic E-state index is -1.20. The molecule has 8 rings (SSSR count). The van der Waals surface area contributed by atoms with Crippen molar-refractivity contribution in [1.29, 1.82) is 0 Å². The van der Waals surface area contributed by atoms with Gasteiger partial charge < -0.3 is 28.6 Å². The highest BCUT2D eigenvalue weighted by atomic mass is 16.7. The number of likely N-dealkylation sites (tertiary alicyclic amines) is 2. The second kappa shape index (κ2) is 9.89. The molecule has 0 N–H and O–H groups in total. The SMILES string of the molecule is CCc1c2c(nc3ccc(OC(=O)N4CCC(N5CCCCC5)CC4)cc13)-c1cc3c(c(=O)n1C2)COC(=O)[C@@]31OC1C. The summed E-state index contributed by atoms with van der Waals surface area (Å²) in [6.45, 7) is 8.00. The lowest BCUT2D eigenvalue weighted by Crippen LogP contribution is -2.48. The van der Waals surface area contributed by atoms with Gasteiger partial charge in [0.25, 0.3) is 5.56 Å². The maximum atomic E-state index is 13.7. The molecule has 0 aliphatic carbocycles. The average molecular weight is 585 g/mol. The van der Waals surface area contributed by atoms with Crippen LogP contribution in [0, 0.1) is 0 Å². The number of ether oxygens (including phenoxy) is 3. The molecule has 43 heavy (non-hydrogen) atoms. The van der Waals surface area contributed by atoms with Crippen LogP contribution in [0.25, 0.3) is 22.3 Å². The zero-order valence-corrected chi connectivity index (χ0v) is 24.7. The molecule has 1 aromatic carbocycles. The van der Waals surface area contributed by atoms with Crippen LogP contribution in [0.15, 0.2) is 29.1 Å². The van der Waals surface area contributed by atoms with Crippen LogP contribution in [0.2, 0.25) is 0 Å². The van der Waals surface area contributed by atoms with E-state index in [2.05, 4.69) is 11.8 Å². The van der Waals surface area contributed by atoms with E-state index >= 15 is 0 Å². The predicted octanol–water partition coefficient (Wildman–Crippen LogP) is 4.11. The first-order chi connectivity index (χ1) is 20.9. The quantitative estimate of drug-likeness (QED) is 0.262. The van der Waals surface area contributed by atoms with Crippen LogP contribution in [-0.4, -0.2) is 69.7 Å². The summed E-state index contributed by atoms with van der Waals surface area (Å²) in [6.07, 6.45) is 5.91. The van der Waals surface area contributed by atoms with E-state index in [0.29, 0.717) is 48.2 Å². The highest BCUT2D eigenvalue weighted by Crippen LogP contribution is 2.51. The summed E-state index contributed by atoms with van der Waals surface area (Å²) in [7, 11) is 0. The summed E-state index contributed by atoms with van der Waals surface area (Å²) in [6, 6.07) is 8.03. The molecule has 224 valence electrons. The topological polar surface area (TPSA) is 106 Å². The number of hydrogen-bond donors (Lipinski definition) is 0. The highest BCUT2D eigenvalue weighted by molar-refractivity contribution is 5.91. The summed E-state index contributed by atoms with van der Waals surface area (Å²) in [4.78, 5) is 48.9. The maximum Gasteiger partial charge on any atom is 0.415 e. The summed E-state index contributed by atoms with van der Waals surface area (Å²) in [5.41, 5.74) is 3.94. The molecule has 3 saturated heterocycles. The van der Waals surface area contributed by atoms with Gasteiger partial charge in [0.15, 0.2) is 0 Å². The largest absolute Gasteiger partial charge is 0.458 e. The zero-order chi connectivity index (χ0) is 29.5. The lowest BCUT2D eigenvalue weighted by molar-refractivity contribution is -0.154. The number of rotatable bonds is 3. The van der Waals surface area contributed by atoms with Crippen LogP contribution in [0.1, 0.15) is 68.2 Å². The second-order valence-corrected chi connectivity index (χ2v) is 12.5. The molecule has 0 saturated carbocycles. The molecule has 10 nitrogen and oxygen atoms in total. The van der Waals surface area contributed by atoms with Crippen LogP contribution >= 0.6 is 0 Å². The van der Waals surface area contributed by atoms with E-state index in [-0.39, 0.29) is 24.4 Å². The number of nitrogens with zero attached hydrogens (tertiary/aromatic N) is 4. The molecule has 0 radical (unpaired) electrons. The number of carbonyl (C=O) groups is 2. The smallest absolute Gasteiger partial charge is 0.415 e. The number of fused-ring (bicyclic) bond motifs is 6. The van der Waals surface area contributed by atoms with Gasteiger partial charge in [-0.05, 0) is 81.9 Å². The third kappa shape index (κ3) is 4.06. The van der Waals surface area contributed by atoms with Gasteiger partial charge in [0.05, 0.1) is 29.0 Å². The number of amides is 1. The van der Waals surface area contributed by atoms with Crippen molar-refractivity contribution in [2.45, 2.75) is 83.3 Å². The predicted molar refractivity (Wildman–Crippen MR) is 158 cm³/mol. The molecule has 10 heteroatoms. The standard InChI is InChI=1S/C33H36N4O6/c1-3-22-23-15-21(42-32(40)36-13-9-20(10-14-36)35-11-5-4-6-12-35)7-8-27(23)34-29-24(22)17-37-28(29)16-26-25(30(37)38)18-41-31(39)33(26)19(2)43-33/h7-8,15-16,19-20H,3-6,9-14,17-18H2,1-2H3/t19?,33-/m0/s1. The fourth-order valence-electron chi connectivity index (χ4n) is 7.83. The van der Waals surface area contributed by atoms with Crippen molar-refractivity contribution in [3.8, 4) is 17.1 Å². The fourth-order valence-corrected chi connectivity index (χ4v) is 7.83. The van der Waals surface area contributed by atoms with Gasteiger partial charge in [0.2, 0.25) is 5.60 Å². The van der Waals surface area contributed by atoms with Crippen molar-refractivity contribution in [2.75, 3.05) is 26.2 Å². The first-order valence-electron chi connectivity index (χ1n) is 15.7. The van der Waals surface area contributed by atoms with E-state index in [1.807, 2.05) is 30.0 Å². The minimum Gasteiger partial charge on any atom is -0.458 e. The number of epoxide rings is 1. The van der Waals surface area contributed by atoms with Crippen molar-refractivity contribution in [3.63, 3.8) is 0 Å².